The van der Waals surface area contributed by atoms with Crippen LogP contribution < -0.4 is 11.1 Å². The number of nitrogens with one attached hydrogen (secondary N) is 1. The molecule has 6 heteroatoms. The fraction of sp³-hybridized carbons (Fsp3) is 0.0714. The first-order valence-corrected chi connectivity index (χ1v) is 5.70. The highest BCUT2D eigenvalue weighted by atomic mass is 19.1. The molecule has 0 aliphatic rings. The van der Waals surface area contributed by atoms with Gasteiger partial charge in [-0.1, -0.05) is 0 Å². The molecule has 0 aliphatic heterocycles. The number of hydrogen-bond acceptors (Lipinski definition) is 2. The van der Waals surface area contributed by atoms with Crippen molar-refractivity contribution >= 4 is 17.3 Å². The standard InChI is InChI=1S/C14H11F3N2O/c1-7-4-12(17)13(6-11(7)16)19-14(20)9-5-8(18)2-3-10(9)15/h2-6H,18H2,1H3,(H,19,20). The number of hydrogen-bond donors (Lipinski definition) is 2. The highest BCUT2D eigenvalue weighted by Crippen LogP contribution is 2.20. The number of rotatable bonds is 2. The number of benzene rings is 2. The zero-order valence-corrected chi connectivity index (χ0v) is 10.5. The molecular formula is C14H11F3N2O. The molecule has 2 rings (SSSR count). The molecule has 2 aromatic carbocycles. The molecule has 3 nitrogen and oxygen atoms in total. The number of carbonyl (C=O) groups is 1. The summed E-state index contributed by atoms with van der Waals surface area (Å²) in [7, 11) is 0. The van der Waals surface area contributed by atoms with Gasteiger partial charge in [-0.3, -0.25) is 4.79 Å². The molecule has 20 heavy (non-hydrogen) atoms. The summed E-state index contributed by atoms with van der Waals surface area (Å²) < 4.78 is 40.4. The van der Waals surface area contributed by atoms with Crippen LogP contribution in [0.25, 0.3) is 0 Å². The van der Waals surface area contributed by atoms with Crippen molar-refractivity contribution in [3.05, 3.63) is 58.9 Å². The van der Waals surface area contributed by atoms with Crippen molar-refractivity contribution in [1.82, 2.24) is 0 Å². The number of anilines is 2. The van der Waals surface area contributed by atoms with Crippen LogP contribution in [0.3, 0.4) is 0 Å². The molecule has 0 heterocycles. The van der Waals surface area contributed by atoms with Crippen molar-refractivity contribution in [3.8, 4) is 0 Å². The van der Waals surface area contributed by atoms with Crippen molar-refractivity contribution < 1.29 is 18.0 Å². The normalized spacial score (nSPS) is 10.4. The fourth-order valence-corrected chi connectivity index (χ4v) is 1.65. The SMILES string of the molecule is Cc1cc(F)c(NC(=O)c2cc(N)ccc2F)cc1F. The van der Waals surface area contributed by atoms with Gasteiger partial charge in [0.25, 0.3) is 5.91 Å². The Morgan fingerprint density at radius 3 is 2.45 bits per heavy atom. The van der Waals surface area contributed by atoms with E-state index in [1.54, 1.807) is 0 Å². The molecule has 0 aliphatic carbocycles. The second-order valence-electron chi connectivity index (χ2n) is 4.27. The van der Waals surface area contributed by atoms with E-state index in [1.165, 1.54) is 13.0 Å². The zero-order chi connectivity index (χ0) is 14.9. The van der Waals surface area contributed by atoms with Gasteiger partial charge in [-0.25, -0.2) is 13.2 Å². The summed E-state index contributed by atoms with van der Waals surface area (Å²) in [6.45, 7) is 1.39. The summed E-state index contributed by atoms with van der Waals surface area (Å²) in [5.41, 5.74) is 5.04. The van der Waals surface area contributed by atoms with Crippen molar-refractivity contribution in [2.75, 3.05) is 11.1 Å². The smallest absolute Gasteiger partial charge is 0.258 e. The maximum atomic E-state index is 13.6. The van der Waals surface area contributed by atoms with Crippen molar-refractivity contribution in [2.24, 2.45) is 0 Å². The Morgan fingerprint density at radius 1 is 1.05 bits per heavy atom. The molecular weight excluding hydrogens is 269 g/mol. The third-order valence-electron chi connectivity index (χ3n) is 2.73. The number of aryl methyl sites for hydroxylation is 1. The van der Waals surface area contributed by atoms with Gasteiger partial charge in [-0.05, 0) is 36.8 Å². The lowest BCUT2D eigenvalue weighted by Gasteiger charge is -2.09. The second kappa shape index (κ2) is 5.24. The molecule has 0 saturated heterocycles. The van der Waals surface area contributed by atoms with Crippen molar-refractivity contribution in [2.45, 2.75) is 6.92 Å². The Kier molecular flexibility index (Phi) is 3.65. The average molecular weight is 280 g/mol. The summed E-state index contributed by atoms with van der Waals surface area (Å²) in [5.74, 6) is -3.18. The van der Waals surface area contributed by atoms with Crippen LogP contribution in [0, 0.1) is 24.4 Å². The van der Waals surface area contributed by atoms with Crippen LogP contribution in [0.15, 0.2) is 30.3 Å². The van der Waals surface area contributed by atoms with Gasteiger partial charge in [0.2, 0.25) is 0 Å². The Morgan fingerprint density at radius 2 is 1.75 bits per heavy atom. The quantitative estimate of drug-likeness (QED) is 0.830. The number of amides is 1. The third-order valence-corrected chi connectivity index (χ3v) is 2.73. The maximum absolute atomic E-state index is 13.6. The molecule has 2 aromatic rings. The molecule has 0 bridgehead atoms. The van der Waals surface area contributed by atoms with Crippen LogP contribution in [-0.2, 0) is 0 Å². The second-order valence-corrected chi connectivity index (χ2v) is 4.27. The fourth-order valence-electron chi connectivity index (χ4n) is 1.65. The summed E-state index contributed by atoms with van der Waals surface area (Å²) in [6.07, 6.45) is 0. The molecule has 0 saturated carbocycles. The van der Waals surface area contributed by atoms with E-state index in [9.17, 15) is 18.0 Å². The summed E-state index contributed by atoms with van der Waals surface area (Å²) in [5, 5.41) is 2.11. The van der Waals surface area contributed by atoms with E-state index in [4.69, 9.17) is 5.73 Å². The molecule has 0 unspecified atom stereocenters. The van der Waals surface area contributed by atoms with Gasteiger partial charge in [0.1, 0.15) is 17.5 Å². The lowest BCUT2D eigenvalue weighted by atomic mass is 10.1. The highest BCUT2D eigenvalue weighted by Gasteiger charge is 2.15. The van der Waals surface area contributed by atoms with Crippen LogP contribution in [0.1, 0.15) is 15.9 Å². The van der Waals surface area contributed by atoms with Gasteiger partial charge >= 0.3 is 0 Å². The van der Waals surface area contributed by atoms with Crippen molar-refractivity contribution in [3.63, 3.8) is 0 Å². The monoisotopic (exact) mass is 280 g/mol. The molecule has 0 spiro atoms. The number of carbonyl (C=O) groups excluding carboxylic acids is 1. The first kappa shape index (κ1) is 13.9. The topological polar surface area (TPSA) is 55.1 Å². The van der Waals surface area contributed by atoms with E-state index >= 15 is 0 Å². The summed E-state index contributed by atoms with van der Waals surface area (Å²) in [4.78, 5) is 11.8. The third kappa shape index (κ3) is 2.74. The minimum absolute atomic E-state index is 0.107. The Labute approximate surface area is 113 Å². The van der Waals surface area contributed by atoms with E-state index in [2.05, 4.69) is 5.32 Å². The van der Waals surface area contributed by atoms with Crippen LogP contribution in [-0.4, -0.2) is 5.91 Å². The first-order valence-electron chi connectivity index (χ1n) is 5.70. The predicted molar refractivity (Wildman–Crippen MR) is 69.9 cm³/mol. The molecule has 0 fully saturated rings. The van der Waals surface area contributed by atoms with E-state index in [0.29, 0.717) is 0 Å². The van der Waals surface area contributed by atoms with E-state index in [-0.39, 0.29) is 22.5 Å². The van der Waals surface area contributed by atoms with E-state index < -0.39 is 23.4 Å². The highest BCUT2D eigenvalue weighted by molar-refractivity contribution is 6.05. The van der Waals surface area contributed by atoms with Gasteiger partial charge < -0.3 is 11.1 Å². The van der Waals surface area contributed by atoms with Crippen LogP contribution in [0.4, 0.5) is 24.5 Å². The zero-order valence-electron chi connectivity index (χ0n) is 10.5. The van der Waals surface area contributed by atoms with E-state index in [1.807, 2.05) is 0 Å². The molecule has 0 radical (unpaired) electrons. The summed E-state index contributed by atoms with van der Waals surface area (Å²) >= 11 is 0. The van der Waals surface area contributed by atoms with Gasteiger partial charge in [0.15, 0.2) is 0 Å². The Balaban J connectivity index is 2.32. The summed E-state index contributed by atoms with van der Waals surface area (Å²) in [6, 6.07) is 5.22. The van der Waals surface area contributed by atoms with Gasteiger partial charge in [0, 0.05) is 11.8 Å². The average Bonchev–Trinajstić information content (AvgIpc) is 2.38. The molecule has 104 valence electrons. The molecule has 3 N–H and O–H groups in total. The van der Waals surface area contributed by atoms with Gasteiger partial charge in [0.05, 0.1) is 11.3 Å². The van der Waals surface area contributed by atoms with Gasteiger partial charge in [-0.15, -0.1) is 0 Å². The van der Waals surface area contributed by atoms with Crippen LogP contribution >= 0.6 is 0 Å². The molecule has 1 amide bonds. The van der Waals surface area contributed by atoms with E-state index in [0.717, 1.165) is 24.3 Å². The minimum Gasteiger partial charge on any atom is -0.399 e. The van der Waals surface area contributed by atoms with Crippen molar-refractivity contribution in [1.29, 1.82) is 0 Å². The minimum atomic E-state index is -0.906. The van der Waals surface area contributed by atoms with Gasteiger partial charge in [-0.2, -0.15) is 0 Å². The lowest BCUT2D eigenvalue weighted by molar-refractivity contribution is 0.102. The number of nitrogens with two attached hydrogens (primary N) is 1. The number of nitrogen functional groups attached to an aromatic ring is 1. The Bertz CT molecular complexity index is 686. The predicted octanol–water partition coefficient (Wildman–Crippen LogP) is 3.25. The molecule has 0 aromatic heterocycles. The van der Waals surface area contributed by atoms with Crippen LogP contribution in [0.2, 0.25) is 0 Å². The lowest BCUT2D eigenvalue weighted by Crippen LogP contribution is -2.15. The largest absolute Gasteiger partial charge is 0.399 e. The number of halogens is 3. The Hall–Kier alpha value is -2.50. The molecule has 0 atom stereocenters. The first-order chi connectivity index (χ1) is 9.38. The maximum Gasteiger partial charge on any atom is 0.258 e. The van der Waals surface area contributed by atoms with Crippen LogP contribution in [0.5, 0.6) is 0 Å².